The van der Waals surface area contributed by atoms with Gasteiger partial charge in [-0.1, -0.05) is 25.4 Å². The molecule has 108 valence electrons. The maximum Gasteiger partial charge on any atom is 0.249 e. The van der Waals surface area contributed by atoms with Crippen LogP contribution >= 0.6 is 11.6 Å². The molecule has 2 rings (SSSR count). The van der Waals surface area contributed by atoms with Crippen molar-refractivity contribution in [2.45, 2.75) is 26.3 Å². The minimum Gasteiger partial charge on any atom is -0.344 e. The highest BCUT2D eigenvalue weighted by molar-refractivity contribution is 6.33. The molecule has 4 nitrogen and oxygen atoms in total. The number of rotatable bonds is 2. The predicted molar refractivity (Wildman–Crippen MR) is 75.1 cm³/mol. The summed E-state index contributed by atoms with van der Waals surface area (Å²) in [5.74, 6) is -0.980. The van der Waals surface area contributed by atoms with E-state index in [2.05, 4.69) is 5.32 Å². The third-order valence-electron chi connectivity index (χ3n) is 3.28. The molecule has 1 aliphatic heterocycles. The molecule has 1 unspecified atom stereocenters. The summed E-state index contributed by atoms with van der Waals surface area (Å²) in [4.78, 5) is 25.6. The Bertz CT molecular complexity index is 548. The monoisotopic (exact) mass is 298 g/mol. The van der Waals surface area contributed by atoms with E-state index in [9.17, 15) is 14.0 Å². The van der Waals surface area contributed by atoms with Crippen LogP contribution in [0.15, 0.2) is 18.2 Å². The summed E-state index contributed by atoms with van der Waals surface area (Å²) in [6.45, 7) is 3.89. The SMILES string of the molecule is CC(C)C1NC(=O)CCN(c2cc(F)ccc2Cl)C1=O. The van der Waals surface area contributed by atoms with Gasteiger partial charge in [-0.3, -0.25) is 9.59 Å². The average Bonchev–Trinajstić information content (AvgIpc) is 2.53. The van der Waals surface area contributed by atoms with Crippen LogP contribution in [0.3, 0.4) is 0 Å². The van der Waals surface area contributed by atoms with Crippen molar-refractivity contribution in [2.75, 3.05) is 11.4 Å². The van der Waals surface area contributed by atoms with Crippen LogP contribution in [0.25, 0.3) is 0 Å². The largest absolute Gasteiger partial charge is 0.344 e. The number of amides is 2. The van der Waals surface area contributed by atoms with E-state index in [-0.39, 0.29) is 35.7 Å². The third kappa shape index (κ3) is 2.93. The van der Waals surface area contributed by atoms with Crippen molar-refractivity contribution in [1.29, 1.82) is 0 Å². The summed E-state index contributed by atoms with van der Waals surface area (Å²) in [7, 11) is 0. The molecule has 0 radical (unpaired) electrons. The van der Waals surface area contributed by atoms with Gasteiger partial charge in [0.1, 0.15) is 11.9 Å². The number of hydrogen-bond acceptors (Lipinski definition) is 2. The Kier molecular flexibility index (Phi) is 4.28. The highest BCUT2D eigenvalue weighted by atomic mass is 35.5. The molecular formula is C14H16ClFN2O2. The molecule has 1 aromatic rings. The lowest BCUT2D eigenvalue weighted by Gasteiger charge is -2.26. The summed E-state index contributed by atoms with van der Waals surface area (Å²) in [6.07, 6.45) is 0.168. The quantitative estimate of drug-likeness (QED) is 0.911. The minimum absolute atomic E-state index is 0.0561. The number of carbonyl (C=O) groups excluding carboxylic acids is 2. The molecule has 0 spiro atoms. The number of anilines is 1. The van der Waals surface area contributed by atoms with E-state index in [1.165, 1.54) is 23.1 Å². The van der Waals surface area contributed by atoms with Gasteiger partial charge in [0.2, 0.25) is 11.8 Å². The van der Waals surface area contributed by atoms with Gasteiger partial charge in [0.05, 0.1) is 10.7 Å². The minimum atomic E-state index is -0.621. The van der Waals surface area contributed by atoms with Gasteiger partial charge in [-0.05, 0) is 24.1 Å². The molecule has 1 aromatic carbocycles. The van der Waals surface area contributed by atoms with Crippen LogP contribution < -0.4 is 10.2 Å². The molecule has 1 fully saturated rings. The number of nitrogens with zero attached hydrogens (tertiary/aromatic N) is 1. The van der Waals surface area contributed by atoms with Gasteiger partial charge < -0.3 is 10.2 Å². The van der Waals surface area contributed by atoms with Crippen LogP contribution in [0, 0.1) is 11.7 Å². The lowest BCUT2D eigenvalue weighted by molar-refractivity contribution is -0.126. The van der Waals surface area contributed by atoms with Crippen molar-refractivity contribution in [2.24, 2.45) is 5.92 Å². The van der Waals surface area contributed by atoms with Crippen LogP contribution in [-0.2, 0) is 9.59 Å². The Hall–Kier alpha value is -1.62. The van der Waals surface area contributed by atoms with Crippen LogP contribution in [0.1, 0.15) is 20.3 Å². The van der Waals surface area contributed by atoms with Gasteiger partial charge in [-0.2, -0.15) is 0 Å². The number of nitrogens with one attached hydrogen (secondary N) is 1. The maximum absolute atomic E-state index is 13.4. The average molecular weight is 299 g/mol. The molecule has 1 atom stereocenters. The van der Waals surface area contributed by atoms with Crippen molar-refractivity contribution in [3.8, 4) is 0 Å². The van der Waals surface area contributed by atoms with E-state index in [4.69, 9.17) is 11.6 Å². The van der Waals surface area contributed by atoms with Crippen LogP contribution in [0.2, 0.25) is 5.02 Å². The smallest absolute Gasteiger partial charge is 0.249 e. The van der Waals surface area contributed by atoms with Crippen LogP contribution in [-0.4, -0.2) is 24.4 Å². The normalized spacial score (nSPS) is 20.1. The second kappa shape index (κ2) is 5.79. The Morgan fingerprint density at radius 2 is 2.10 bits per heavy atom. The van der Waals surface area contributed by atoms with Gasteiger partial charge in [0, 0.05) is 13.0 Å². The molecular weight excluding hydrogens is 283 g/mol. The Morgan fingerprint density at radius 1 is 1.40 bits per heavy atom. The first-order valence-corrected chi connectivity index (χ1v) is 6.83. The Balaban J connectivity index is 2.41. The molecule has 0 saturated carbocycles. The van der Waals surface area contributed by atoms with Gasteiger partial charge in [-0.15, -0.1) is 0 Å². The van der Waals surface area contributed by atoms with Crippen molar-refractivity contribution in [3.63, 3.8) is 0 Å². The van der Waals surface area contributed by atoms with E-state index in [1.807, 2.05) is 13.8 Å². The predicted octanol–water partition coefficient (Wildman–Crippen LogP) is 2.36. The lowest BCUT2D eigenvalue weighted by atomic mass is 10.0. The lowest BCUT2D eigenvalue weighted by Crippen LogP contribution is -2.48. The van der Waals surface area contributed by atoms with Crippen molar-refractivity contribution in [1.82, 2.24) is 5.32 Å². The first-order chi connectivity index (χ1) is 9.40. The summed E-state index contributed by atoms with van der Waals surface area (Å²) in [5, 5.41) is 2.98. The third-order valence-corrected chi connectivity index (χ3v) is 3.60. The van der Waals surface area contributed by atoms with Crippen LogP contribution in [0.4, 0.5) is 10.1 Å². The summed E-state index contributed by atoms with van der Waals surface area (Å²) in [6, 6.07) is 3.24. The zero-order chi connectivity index (χ0) is 14.9. The van der Waals surface area contributed by atoms with E-state index < -0.39 is 11.9 Å². The van der Waals surface area contributed by atoms with E-state index in [0.29, 0.717) is 5.69 Å². The molecule has 2 amide bonds. The van der Waals surface area contributed by atoms with E-state index in [0.717, 1.165) is 0 Å². The fourth-order valence-corrected chi connectivity index (χ4v) is 2.40. The molecule has 1 saturated heterocycles. The zero-order valence-electron chi connectivity index (χ0n) is 11.3. The standard InChI is InChI=1S/C14H16ClFN2O2/c1-8(2)13-14(20)18(6-5-12(19)17-13)11-7-9(16)3-4-10(11)15/h3-4,7-8,13H,5-6H2,1-2H3,(H,17,19). The topological polar surface area (TPSA) is 49.4 Å². The van der Waals surface area contributed by atoms with E-state index >= 15 is 0 Å². The molecule has 0 aromatic heterocycles. The number of carbonyl (C=O) groups is 2. The Morgan fingerprint density at radius 3 is 2.75 bits per heavy atom. The fourth-order valence-electron chi connectivity index (χ4n) is 2.18. The fraction of sp³-hybridized carbons (Fsp3) is 0.429. The zero-order valence-corrected chi connectivity index (χ0v) is 12.1. The second-order valence-electron chi connectivity index (χ2n) is 5.12. The van der Waals surface area contributed by atoms with Gasteiger partial charge >= 0.3 is 0 Å². The summed E-state index contributed by atoms with van der Waals surface area (Å²) in [5.41, 5.74) is 0.304. The number of hydrogen-bond donors (Lipinski definition) is 1. The number of halogens is 2. The Labute approximate surface area is 121 Å². The highest BCUT2D eigenvalue weighted by Gasteiger charge is 2.33. The molecule has 1 N–H and O–H groups in total. The summed E-state index contributed by atoms with van der Waals surface area (Å²) >= 11 is 6.05. The van der Waals surface area contributed by atoms with Crippen molar-refractivity contribution >= 4 is 29.1 Å². The highest BCUT2D eigenvalue weighted by Crippen LogP contribution is 2.28. The molecule has 20 heavy (non-hydrogen) atoms. The molecule has 1 aliphatic rings. The number of benzene rings is 1. The van der Waals surface area contributed by atoms with Gasteiger partial charge in [-0.25, -0.2) is 4.39 Å². The first-order valence-electron chi connectivity index (χ1n) is 6.46. The maximum atomic E-state index is 13.4. The van der Waals surface area contributed by atoms with Crippen LogP contribution in [0.5, 0.6) is 0 Å². The molecule has 0 bridgehead atoms. The van der Waals surface area contributed by atoms with Crippen molar-refractivity contribution < 1.29 is 14.0 Å². The molecule has 6 heteroatoms. The van der Waals surface area contributed by atoms with Crippen molar-refractivity contribution in [3.05, 3.63) is 29.0 Å². The summed E-state index contributed by atoms with van der Waals surface area (Å²) < 4.78 is 13.4. The van der Waals surface area contributed by atoms with Gasteiger partial charge in [0.15, 0.2) is 0 Å². The van der Waals surface area contributed by atoms with E-state index in [1.54, 1.807) is 0 Å². The van der Waals surface area contributed by atoms with Gasteiger partial charge in [0.25, 0.3) is 0 Å². The first kappa shape index (κ1) is 14.8. The molecule has 0 aliphatic carbocycles. The second-order valence-corrected chi connectivity index (χ2v) is 5.53. The molecule has 1 heterocycles.